The summed E-state index contributed by atoms with van der Waals surface area (Å²) in [5, 5.41) is 0. The fraction of sp³-hybridized carbons (Fsp3) is 0.971. The maximum atomic E-state index is 12.5. The molecule has 0 N–H and O–H groups in total. The second-order valence-corrected chi connectivity index (χ2v) is 15.6. The normalized spacial score (nSPS) is 43.5. The number of unbranched alkanes of at least 4 members (excludes halogenated alkanes) is 1. The van der Waals surface area contributed by atoms with Crippen LogP contribution in [0.5, 0.6) is 0 Å². The van der Waals surface area contributed by atoms with E-state index in [9.17, 15) is 4.79 Å². The molecule has 3 saturated carbocycles. The van der Waals surface area contributed by atoms with Crippen LogP contribution in [-0.4, -0.2) is 44.1 Å². The van der Waals surface area contributed by atoms with Crippen LogP contribution < -0.4 is 0 Å². The zero-order valence-corrected chi connectivity index (χ0v) is 27.5. The second-order valence-electron chi connectivity index (χ2n) is 15.6. The molecular weight excluding hydrogens is 499 g/mol. The average Bonchev–Trinajstić information content (AvgIpc) is 3.12. The molecule has 1 aliphatic heterocycles. The average molecular weight is 561 g/mol. The second kappa shape index (κ2) is 13.0. The summed E-state index contributed by atoms with van der Waals surface area (Å²) in [4.78, 5) is 12.5. The summed E-state index contributed by atoms with van der Waals surface area (Å²) in [6.07, 6.45) is 10.4. The van der Waals surface area contributed by atoms with Gasteiger partial charge in [0.15, 0.2) is 0 Å². The van der Waals surface area contributed by atoms with E-state index in [4.69, 9.17) is 18.8 Å². The van der Waals surface area contributed by atoms with Gasteiger partial charge in [0.25, 0.3) is 0 Å². The number of hydrogen-bond donors (Lipinski definition) is 0. The van der Waals surface area contributed by atoms with Crippen molar-refractivity contribution in [3.05, 3.63) is 0 Å². The van der Waals surface area contributed by atoms with Crippen molar-refractivity contribution in [3.8, 4) is 0 Å². The lowest BCUT2D eigenvalue weighted by Gasteiger charge is -2.51. The van der Waals surface area contributed by atoms with Gasteiger partial charge in [0.05, 0.1) is 30.3 Å². The van der Waals surface area contributed by atoms with Crippen molar-refractivity contribution in [2.75, 3.05) is 13.7 Å². The Morgan fingerprint density at radius 3 is 1.95 bits per heavy atom. The van der Waals surface area contributed by atoms with Crippen molar-refractivity contribution in [1.82, 2.24) is 0 Å². The minimum absolute atomic E-state index is 0.0177. The first-order valence-corrected chi connectivity index (χ1v) is 16.8. The van der Waals surface area contributed by atoms with Crippen LogP contribution in [0, 0.1) is 53.3 Å². The molecule has 0 amide bonds. The van der Waals surface area contributed by atoms with E-state index in [1.54, 1.807) is 0 Å². The third-order valence-electron chi connectivity index (χ3n) is 12.4. The highest BCUT2D eigenvalue weighted by Gasteiger charge is 2.56. The van der Waals surface area contributed by atoms with Crippen LogP contribution in [0.15, 0.2) is 0 Å². The summed E-state index contributed by atoms with van der Waals surface area (Å²) in [5.74, 6) is 6.05. The van der Waals surface area contributed by atoms with Gasteiger partial charge in [0, 0.05) is 6.61 Å². The maximum absolute atomic E-state index is 12.5. The monoisotopic (exact) mass is 560 g/mol. The molecule has 0 aromatic carbocycles. The number of hydrogen-bond acceptors (Lipinski definition) is 5. The van der Waals surface area contributed by atoms with E-state index < -0.39 is 0 Å². The van der Waals surface area contributed by atoms with Crippen molar-refractivity contribution in [2.45, 2.75) is 143 Å². The quantitative estimate of drug-likeness (QED) is 0.170. The summed E-state index contributed by atoms with van der Waals surface area (Å²) in [5.41, 5.74) is -0.508. The summed E-state index contributed by atoms with van der Waals surface area (Å²) >= 11 is 0. The summed E-state index contributed by atoms with van der Waals surface area (Å²) in [6.45, 7) is 21.7. The summed E-state index contributed by atoms with van der Waals surface area (Å²) in [7, 11) is 1.44. The Labute approximate surface area is 246 Å². The van der Waals surface area contributed by atoms with Crippen molar-refractivity contribution in [1.29, 1.82) is 0 Å². The summed E-state index contributed by atoms with van der Waals surface area (Å²) in [6, 6.07) is 0. The van der Waals surface area contributed by atoms with Gasteiger partial charge >= 0.3 is 13.1 Å². The standard InChI is InChI=1S/C34H61BO5/c1-11-12-15-38-31-20-25(13-14-26(31)32(36)37-10)27-16-22(3)28(17-21(27)2)29-18-24(5)30(19-23(29)4)35-39-33(6,7)34(8,9)40-35/h21-31H,11-20H2,1-10H3. The number of methoxy groups -OCH3 is 1. The Balaban J connectivity index is 1.37. The minimum atomic E-state index is -0.254. The van der Waals surface area contributed by atoms with E-state index in [-0.39, 0.29) is 36.3 Å². The molecule has 11 atom stereocenters. The highest BCUT2D eigenvalue weighted by molar-refractivity contribution is 6.47. The van der Waals surface area contributed by atoms with Gasteiger partial charge in [-0.2, -0.15) is 0 Å². The molecule has 0 spiro atoms. The first-order valence-electron chi connectivity index (χ1n) is 16.8. The number of esters is 1. The highest BCUT2D eigenvalue weighted by atomic mass is 16.7. The number of rotatable bonds is 8. The van der Waals surface area contributed by atoms with Gasteiger partial charge in [-0.15, -0.1) is 0 Å². The van der Waals surface area contributed by atoms with Gasteiger partial charge in [-0.3, -0.25) is 4.79 Å². The molecule has 0 aromatic rings. The molecule has 6 heteroatoms. The molecule has 0 aromatic heterocycles. The Bertz CT molecular complexity index is 828. The zero-order valence-electron chi connectivity index (χ0n) is 27.5. The first-order chi connectivity index (χ1) is 18.8. The first kappa shape index (κ1) is 32.3. The molecule has 1 saturated heterocycles. The molecule has 0 bridgehead atoms. The van der Waals surface area contributed by atoms with Gasteiger partial charge in [-0.25, -0.2) is 0 Å². The Hall–Kier alpha value is -0.585. The maximum Gasteiger partial charge on any atom is 0.461 e. The molecule has 0 radical (unpaired) electrons. The lowest BCUT2D eigenvalue weighted by molar-refractivity contribution is -0.156. The highest BCUT2D eigenvalue weighted by Crippen LogP contribution is 2.55. The fourth-order valence-corrected chi connectivity index (χ4v) is 9.17. The molecule has 4 rings (SSSR count). The smallest absolute Gasteiger partial charge is 0.461 e. The molecule has 1 heterocycles. The third kappa shape index (κ3) is 6.64. The Kier molecular flexibility index (Phi) is 10.5. The van der Waals surface area contributed by atoms with Crippen LogP contribution in [0.2, 0.25) is 5.82 Å². The lowest BCUT2D eigenvalue weighted by Crippen LogP contribution is -2.45. The number of carbonyl (C=O) groups excluding carboxylic acids is 1. The number of ether oxygens (including phenoxy) is 2. The molecule has 40 heavy (non-hydrogen) atoms. The molecule has 4 aliphatic rings. The number of carbonyl (C=O) groups is 1. The molecule has 5 nitrogen and oxygen atoms in total. The van der Waals surface area contributed by atoms with Gasteiger partial charge in [0.1, 0.15) is 0 Å². The Morgan fingerprint density at radius 1 is 0.800 bits per heavy atom. The summed E-state index contributed by atoms with van der Waals surface area (Å²) < 4.78 is 24.6. The predicted octanol–water partition coefficient (Wildman–Crippen LogP) is 8.20. The molecule has 230 valence electrons. The topological polar surface area (TPSA) is 54.0 Å². The van der Waals surface area contributed by atoms with Crippen molar-refractivity contribution in [2.24, 2.45) is 53.3 Å². The van der Waals surface area contributed by atoms with Crippen LogP contribution >= 0.6 is 0 Å². The van der Waals surface area contributed by atoms with E-state index in [0.29, 0.717) is 23.6 Å². The van der Waals surface area contributed by atoms with E-state index in [1.165, 1.54) is 32.8 Å². The van der Waals surface area contributed by atoms with Crippen molar-refractivity contribution < 1.29 is 23.6 Å². The van der Waals surface area contributed by atoms with Crippen molar-refractivity contribution in [3.63, 3.8) is 0 Å². The van der Waals surface area contributed by atoms with Crippen LogP contribution in [0.4, 0.5) is 0 Å². The molecule has 3 aliphatic carbocycles. The van der Waals surface area contributed by atoms with Crippen LogP contribution in [0.25, 0.3) is 0 Å². The molecular formula is C34H61BO5. The SMILES string of the molecule is CCCCOC1CC(C2CC(C)C(C3CC(C)C(B4OC(C)(C)C(C)(C)O4)CC3C)CC2C)CCC1C(=O)OC. The van der Waals surface area contributed by atoms with E-state index in [0.717, 1.165) is 68.3 Å². The van der Waals surface area contributed by atoms with E-state index in [2.05, 4.69) is 62.3 Å². The zero-order chi connectivity index (χ0) is 29.4. The molecule has 4 fully saturated rings. The fourth-order valence-electron chi connectivity index (χ4n) is 9.17. The van der Waals surface area contributed by atoms with Crippen LogP contribution in [0.3, 0.4) is 0 Å². The minimum Gasteiger partial charge on any atom is -0.469 e. The lowest BCUT2D eigenvalue weighted by atomic mass is 9.51. The molecule has 11 unspecified atom stereocenters. The Morgan fingerprint density at radius 2 is 1.35 bits per heavy atom. The third-order valence-corrected chi connectivity index (χ3v) is 12.4. The van der Waals surface area contributed by atoms with Crippen LogP contribution in [0.1, 0.15) is 120 Å². The van der Waals surface area contributed by atoms with E-state index >= 15 is 0 Å². The van der Waals surface area contributed by atoms with Crippen molar-refractivity contribution >= 4 is 13.1 Å². The van der Waals surface area contributed by atoms with Gasteiger partial charge in [-0.1, -0.05) is 41.0 Å². The van der Waals surface area contributed by atoms with Gasteiger partial charge < -0.3 is 18.8 Å². The van der Waals surface area contributed by atoms with Gasteiger partial charge in [0.2, 0.25) is 0 Å². The largest absolute Gasteiger partial charge is 0.469 e. The predicted molar refractivity (Wildman–Crippen MR) is 163 cm³/mol. The van der Waals surface area contributed by atoms with Crippen LogP contribution in [-0.2, 0) is 23.6 Å². The van der Waals surface area contributed by atoms with E-state index in [1.807, 2.05) is 0 Å². The van der Waals surface area contributed by atoms with Gasteiger partial charge in [-0.05, 0) is 132 Å².